The molecule has 152 valence electrons. The first kappa shape index (κ1) is 19.9. The Balaban J connectivity index is 1.44. The summed E-state index contributed by atoms with van der Waals surface area (Å²) in [5, 5.41) is 16.2. The Morgan fingerprint density at radius 2 is 1.93 bits per heavy atom. The number of hydrogen-bond donors (Lipinski definition) is 1. The van der Waals surface area contributed by atoms with Gasteiger partial charge in [0.2, 0.25) is 0 Å². The Labute approximate surface area is 174 Å². The first-order valence-electron chi connectivity index (χ1n) is 9.92. The van der Waals surface area contributed by atoms with Crippen molar-refractivity contribution in [3.05, 3.63) is 58.4 Å². The summed E-state index contributed by atoms with van der Waals surface area (Å²) in [7, 11) is 0. The van der Waals surface area contributed by atoms with Crippen LogP contribution in [0.3, 0.4) is 0 Å². The molecule has 2 aromatic heterocycles. The Kier molecular flexibility index (Phi) is 5.56. The Morgan fingerprint density at radius 3 is 2.59 bits per heavy atom. The number of carbonyl (C=O) groups is 1. The molecule has 7 heteroatoms. The molecule has 1 saturated heterocycles. The second-order valence-corrected chi connectivity index (χ2v) is 8.36. The van der Waals surface area contributed by atoms with E-state index in [2.05, 4.69) is 10.1 Å². The van der Waals surface area contributed by atoms with Crippen molar-refractivity contribution in [2.45, 2.75) is 38.7 Å². The maximum Gasteiger partial charge on any atom is 0.257 e. The molecule has 1 fully saturated rings. The van der Waals surface area contributed by atoms with E-state index in [-0.39, 0.29) is 17.7 Å². The van der Waals surface area contributed by atoms with Gasteiger partial charge in [-0.15, -0.1) is 0 Å². The Hall–Kier alpha value is -2.44. The van der Waals surface area contributed by atoms with Gasteiger partial charge in [0.25, 0.3) is 11.6 Å². The molecule has 4 rings (SSSR count). The fourth-order valence-electron chi connectivity index (χ4n) is 3.92. The van der Waals surface area contributed by atoms with Crippen LogP contribution in [0.15, 0.2) is 41.1 Å². The summed E-state index contributed by atoms with van der Waals surface area (Å²) < 4.78 is 5.26. The van der Waals surface area contributed by atoms with Crippen LogP contribution in [0.5, 0.6) is 0 Å². The van der Waals surface area contributed by atoms with E-state index in [0.29, 0.717) is 29.4 Å². The summed E-state index contributed by atoms with van der Waals surface area (Å²) in [6, 6.07) is 9.12. The summed E-state index contributed by atoms with van der Waals surface area (Å²) in [6.07, 6.45) is 2.49. The molecule has 3 heterocycles. The van der Waals surface area contributed by atoms with Crippen LogP contribution in [0.4, 0.5) is 0 Å². The maximum atomic E-state index is 13.0. The van der Waals surface area contributed by atoms with Crippen LogP contribution in [-0.2, 0) is 0 Å². The molecular formula is C22H24ClN3O3. The molecule has 0 unspecified atom stereocenters. The van der Waals surface area contributed by atoms with Gasteiger partial charge in [-0.2, -0.15) is 0 Å². The number of aromatic nitrogens is 2. The number of amides is 1. The third kappa shape index (κ3) is 4.00. The third-order valence-electron chi connectivity index (χ3n) is 5.64. The van der Waals surface area contributed by atoms with Gasteiger partial charge in [0.15, 0.2) is 0 Å². The normalized spacial score (nSPS) is 16.5. The molecule has 0 radical (unpaired) electrons. The lowest BCUT2D eigenvalue weighted by Gasteiger charge is -2.34. The lowest BCUT2D eigenvalue weighted by Crippen LogP contribution is -2.39. The summed E-state index contributed by atoms with van der Waals surface area (Å²) >= 11 is 5.93. The molecule has 0 spiro atoms. The lowest BCUT2D eigenvalue weighted by molar-refractivity contribution is 0.0462. The standard InChI is InChI=1S/C22H24ClN3O3/c1-13(2)19-18-11-16(12-24-21(18)29-25-19)22(28)26-9-7-15(8-10-26)20(27)14-3-5-17(23)6-4-14/h3-6,11-13,15,20,27H,7-10H2,1-2H3/t20-/m1/s1. The zero-order valence-electron chi connectivity index (χ0n) is 16.5. The van der Waals surface area contributed by atoms with Crippen molar-refractivity contribution in [3.63, 3.8) is 0 Å². The first-order valence-corrected chi connectivity index (χ1v) is 10.3. The van der Waals surface area contributed by atoms with Crippen molar-refractivity contribution in [1.29, 1.82) is 0 Å². The zero-order chi connectivity index (χ0) is 20.5. The molecule has 0 bridgehead atoms. The van der Waals surface area contributed by atoms with Gasteiger partial charge < -0.3 is 14.5 Å². The summed E-state index contributed by atoms with van der Waals surface area (Å²) in [5.41, 5.74) is 2.67. The fourth-order valence-corrected chi connectivity index (χ4v) is 4.04. The molecule has 6 nitrogen and oxygen atoms in total. The number of aliphatic hydroxyl groups is 1. The van der Waals surface area contributed by atoms with Crippen LogP contribution in [0.1, 0.15) is 60.3 Å². The highest BCUT2D eigenvalue weighted by Crippen LogP contribution is 2.32. The van der Waals surface area contributed by atoms with Gasteiger partial charge in [-0.1, -0.05) is 42.7 Å². The van der Waals surface area contributed by atoms with Gasteiger partial charge in [-0.05, 0) is 48.4 Å². The van der Waals surface area contributed by atoms with Crippen LogP contribution in [0.25, 0.3) is 11.1 Å². The molecule has 1 N–H and O–H groups in total. The molecule has 1 amide bonds. The number of aliphatic hydroxyl groups excluding tert-OH is 1. The number of fused-ring (bicyclic) bond motifs is 1. The third-order valence-corrected chi connectivity index (χ3v) is 5.89. The minimum Gasteiger partial charge on any atom is -0.388 e. The predicted octanol–water partition coefficient (Wildman–Crippen LogP) is 4.59. The van der Waals surface area contributed by atoms with Crippen molar-refractivity contribution in [2.24, 2.45) is 5.92 Å². The van der Waals surface area contributed by atoms with E-state index in [4.69, 9.17) is 16.1 Å². The average molecular weight is 414 g/mol. The number of likely N-dealkylation sites (tertiary alicyclic amines) is 1. The highest BCUT2D eigenvalue weighted by Gasteiger charge is 2.29. The van der Waals surface area contributed by atoms with Crippen LogP contribution >= 0.6 is 11.6 Å². The summed E-state index contributed by atoms with van der Waals surface area (Å²) in [6.45, 7) is 5.27. The van der Waals surface area contributed by atoms with Crippen LogP contribution < -0.4 is 0 Å². The van der Waals surface area contributed by atoms with Crippen LogP contribution in [-0.4, -0.2) is 39.1 Å². The maximum absolute atomic E-state index is 13.0. The van der Waals surface area contributed by atoms with E-state index < -0.39 is 6.10 Å². The number of rotatable bonds is 4. The van der Waals surface area contributed by atoms with Gasteiger partial charge in [-0.3, -0.25) is 4.79 Å². The Bertz CT molecular complexity index is 1010. The zero-order valence-corrected chi connectivity index (χ0v) is 17.3. The molecule has 1 aliphatic heterocycles. The monoisotopic (exact) mass is 413 g/mol. The number of halogens is 1. The molecule has 0 aliphatic carbocycles. The molecule has 0 saturated carbocycles. The smallest absolute Gasteiger partial charge is 0.257 e. The minimum absolute atomic E-state index is 0.0465. The minimum atomic E-state index is -0.548. The van der Waals surface area contributed by atoms with E-state index in [9.17, 15) is 9.90 Å². The van der Waals surface area contributed by atoms with Gasteiger partial charge in [-0.25, -0.2) is 4.98 Å². The molecule has 29 heavy (non-hydrogen) atoms. The van der Waals surface area contributed by atoms with E-state index in [1.165, 1.54) is 0 Å². The molecule has 1 atom stereocenters. The van der Waals surface area contributed by atoms with Crippen molar-refractivity contribution in [2.75, 3.05) is 13.1 Å². The predicted molar refractivity (Wildman–Crippen MR) is 111 cm³/mol. The number of pyridine rings is 1. The van der Waals surface area contributed by atoms with Crippen molar-refractivity contribution >= 4 is 28.6 Å². The van der Waals surface area contributed by atoms with Crippen molar-refractivity contribution in [3.8, 4) is 0 Å². The number of hydrogen-bond acceptors (Lipinski definition) is 5. The number of nitrogens with zero attached hydrogens (tertiary/aromatic N) is 3. The summed E-state index contributed by atoms with van der Waals surface area (Å²) in [5.74, 6) is 0.259. The van der Waals surface area contributed by atoms with Crippen LogP contribution in [0.2, 0.25) is 5.02 Å². The summed E-state index contributed by atoms with van der Waals surface area (Å²) in [4.78, 5) is 19.1. The molecule has 1 aliphatic rings. The average Bonchev–Trinajstić information content (AvgIpc) is 3.17. The molecule has 1 aromatic carbocycles. The van der Waals surface area contributed by atoms with E-state index in [0.717, 1.165) is 29.5 Å². The number of piperidine rings is 1. The SMILES string of the molecule is CC(C)c1noc2ncc(C(=O)N3CCC([C@H](O)c4ccc(Cl)cc4)CC3)cc12. The molecule has 3 aromatic rings. The second-order valence-electron chi connectivity index (χ2n) is 7.93. The van der Waals surface area contributed by atoms with E-state index >= 15 is 0 Å². The first-order chi connectivity index (χ1) is 13.9. The largest absolute Gasteiger partial charge is 0.388 e. The van der Waals surface area contributed by atoms with E-state index in [1.54, 1.807) is 18.3 Å². The number of carbonyl (C=O) groups excluding carboxylic acids is 1. The van der Waals surface area contributed by atoms with Gasteiger partial charge in [0, 0.05) is 24.3 Å². The highest BCUT2D eigenvalue weighted by atomic mass is 35.5. The lowest BCUT2D eigenvalue weighted by atomic mass is 9.87. The topological polar surface area (TPSA) is 79.5 Å². The number of benzene rings is 1. The Morgan fingerprint density at radius 1 is 1.24 bits per heavy atom. The second kappa shape index (κ2) is 8.13. The van der Waals surface area contributed by atoms with Gasteiger partial charge in [0.1, 0.15) is 0 Å². The van der Waals surface area contributed by atoms with E-state index in [1.807, 2.05) is 36.9 Å². The van der Waals surface area contributed by atoms with Gasteiger partial charge >= 0.3 is 0 Å². The quantitative estimate of drug-likeness (QED) is 0.676. The van der Waals surface area contributed by atoms with Crippen molar-refractivity contribution in [1.82, 2.24) is 15.0 Å². The van der Waals surface area contributed by atoms with Crippen LogP contribution in [0, 0.1) is 5.92 Å². The highest BCUT2D eigenvalue weighted by molar-refractivity contribution is 6.30. The van der Waals surface area contributed by atoms with Gasteiger partial charge in [0.05, 0.1) is 22.7 Å². The van der Waals surface area contributed by atoms with Crippen molar-refractivity contribution < 1.29 is 14.4 Å². The molecular weight excluding hydrogens is 390 g/mol. The fraction of sp³-hybridized carbons (Fsp3) is 0.409.